The Balaban J connectivity index is 3.16. The zero-order valence-corrected chi connectivity index (χ0v) is 11.4. The predicted molar refractivity (Wildman–Crippen MR) is 69.8 cm³/mol. The van der Waals surface area contributed by atoms with E-state index >= 15 is 0 Å². The standard InChI is InChI=1S/C14H16O5/c1-6-9(2)19-14(15)10-7-11(16-3)13(18-5)12(8-10)17-4/h1,7-9H,2-5H3/t9-/m1/s1. The first kappa shape index (κ1) is 14.7. The van der Waals surface area contributed by atoms with Crippen LogP contribution in [0.1, 0.15) is 17.3 Å². The van der Waals surface area contributed by atoms with Crippen molar-refractivity contribution in [3.05, 3.63) is 17.7 Å². The maximum Gasteiger partial charge on any atom is 0.339 e. The van der Waals surface area contributed by atoms with Gasteiger partial charge in [-0.25, -0.2) is 4.79 Å². The van der Waals surface area contributed by atoms with Crippen LogP contribution in [0.3, 0.4) is 0 Å². The highest BCUT2D eigenvalue weighted by Crippen LogP contribution is 2.38. The van der Waals surface area contributed by atoms with Gasteiger partial charge in [0.15, 0.2) is 17.6 Å². The molecular weight excluding hydrogens is 248 g/mol. The maximum absolute atomic E-state index is 11.9. The highest BCUT2D eigenvalue weighted by Gasteiger charge is 2.18. The van der Waals surface area contributed by atoms with Crippen molar-refractivity contribution in [2.24, 2.45) is 0 Å². The minimum absolute atomic E-state index is 0.275. The molecule has 0 aliphatic carbocycles. The van der Waals surface area contributed by atoms with E-state index in [1.165, 1.54) is 33.5 Å². The Hall–Kier alpha value is -2.35. The van der Waals surface area contributed by atoms with Gasteiger partial charge in [0.2, 0.25) is 5.75 Å². The third-order valence-electron chi connectivity index (χ3n) is 2.42. The molecule has 0 heterocycles. The summed E-state index contributed by atoms with van der Waals surface area (Å²) in [6, 6.07) is 3.01. The lowest BCUT2D eigenvalue weighted by Crippen LogP contribution is -2.13. The summed E-state index contributed by atoms with van der Waals surface area (Å²) in [5.41, 5.74) is 0.275. The average molecular weight is 264 g/mol. The molecule has 0 N–H and O–H groups in total. The number of terminal acetylenes is 1. The maximum atomic E-state index is 11.9. The van der Waals surface area contributed by atoms with E-state index in [0.29, 0.717) is 17.2 Å². The molecule has 19 heavy (non-hydrogen) atoms. The van der Waals surface area contributed by atoms with Gasteiger partial charge in [-0.15, -0.1) is 6.42 Å². The summed E-state index contributed by atoms with van der Waals surface area (Å²) in [5.74, 6) is 2.93. The van der Waals surface area contributed by atoms with Gasteiger partial charge in [-0.3, -0.25) is 0 Å². The van der Waals surface area contributed by atoms with Crippen LogP contribution in [0.4, 0.5) is 0 Å². The minimum Gasteiger partial charge on any atom is -0.493 e. The van der Waals surface area contributed by atoms with Crippen LogP contribution in [-0.2, 0) is 4.74 Å². The molecule has 1 atom stereocenters. The van der Waals surface area contributed by atoms with Crippen LogP contribution >= 0.6 is 0 Å². The third kappa shape index (κ3) is 3.32. The number of methoxy groups -OCH3 is 3. The summed E-state index contributed by atoms with van der Waals surface area (Å²) in [6.45, 7) is 1.61. The normalized spacial score (nSPS) is 11.1. The van der Waals surface area contributed by atoms with Crippen LogP contribution in [-0.4, -0.2) is 33.4 Å². The van der Waals surface area contributed by atoms with Crippen LogP contribution in [0.5, 0.6) is 17.2 Å². The second-order valence-electron chi connectivity index (χ2n) is 3.63. The molecule has 0 bridgehead atoms. The first-order valence-corrected chi connectivity index (χ1v) is 5.54. The molecule has 0 amide bonds. The number of esters is 1. The van der Waals surface area contributed by atoms with Crippen molar-refractivity contribution in [1.29, 1.82) is 0 Å². The Kier molecular flexibility index (Phi) is 5.07. The molecule has 0 spiro atoms. The van der Waals surface area contributed by atoms with Crippen molar-refractivity contribution < 1.29 is 23.7 Å². The van der Waals surface area contributed by atoms with Crippen LogP contribution in [0.25, 0.3) is 0 Å². The van der Waals surface area contributed by atoms with Gasteiger partial charge in [-0.05, 0) is 19.1 Å². The minimum atomic E-state index is -0.605. The van der Waals surface area contributed by atoms with E-state index in [2.05, 4.69) is 5.92 Å². The van der Waals surface area contributed by atoms with E-state index in [1.54, 1.807) is 6.92 Å². The molecule has 5 heteroatoms. The molecule has 0 radical (unpaired) electrons. The Morgan fingerprint density at radius 1 is 1.16 bits per heavy atom. The number of rotatable bonds is 5. The zero-order valence-electron chi connectivity index (χ0n) is 11.4. The van der Waals surface area contributed by atoms with Crippen LogP contribution in [0, 0.1) is 12.3 Å². The molecule has 0 aliphatic heterocycles. The van der Waals surface area contributed by atoms with Crippen molar-refractivity contribution in [1.82, 2.24) is 0 Å². The van der Waals surface area contributed by atoms with E-state index in [9.17, 15) is 4.79 Å². The molecule has 0 aliphatic rings. The highest BCUT2D eigenvalue weighted by molar-refractivity contribution is 5.91. The van der Waals surface area contributed by atoms with Gasteiger partial charge in [0.25, 0.3) is 0 Å². The summed E-state index contributed by atoms with van der Waals surface area (Å²) in [4.78, 5) is 11.9. The number of carbonyl (C=O) groups is 1. The fourth-order valence-electron chi connectivity index (χ4n) is 1.46. The average Bonchev–Trinajstić information content (AvgIpc) is 2.44. The Bertz CT molecular complexity index is 476. The summed E-state index contributed by atoms with van der Waals surface area (Å²) in [6.07, 6.45) is 4.55. The highest BCUT2D eigenvalue weighted by atomic mass is 16.5. The molecular formula is C14H16O5. The van der Waals surface area contributed by atoms with Crippen molar-refractivity contribution in [3.8, 4) is 29.6 Å². The lowest BCUT2D eigenvalue weighted by atomic mass is 10.2. The summed E-state index contributed by atoms with van der Waals surface area (Å²) in [5, 5.41) is 0. The first-order chi connectivity index (χ1) is 9.07. The molecule has 1 aromatic carbocycles. The van der Waals surface area contributed by atoms with Crippen LogP contribution < -0.4 is 14.2 Å². The lowest BCUT2D eigenvalue weighted by Gasteiger charge is -2.14. The van der Waals surface area contributed by atoms with Crippen molar-refractivity contribution in [2.45, 2.75) is 13.0 Å². The molecule has 102 valence electrons. The molecule has 0 saturated carbocycles. The van der Waals surface area contributed by atoms with Gasteiger partial charge in [-0.2, -0.15) is 0 Å². The quantitative estimate of drug-likeness (QED) is 0.600. The Morgan fingerprint density at radius 3 is 2.05 bits per heavy atom. The van der Waals surface area contributed by atoms with E-state index in [4.69, 9.17) is 25.4 Å². The number of hydrogen-bond donors (Lipinski definition) is 0. The van der Waals surface area contributed by atoms with Crippen LogP contribution in [0.2, 0.25) is 0 Å². The number of carbonyl (C=O) groups excluding carboxylic acids is 1. The molecule has 0 aromatic heterocycles. The fraction of sp³-hybridized carbons (Fsp3) is 0.357. The SMILES string of the molecule is C#C[C@@H](C)OC(=O)c1cc(OC)c(OC)c(OC)c1. The fourth-order valence-corrected chi connectivity index (χ4v) is 1.46. The Morgan fingerprint density at radius 2 is 1.68 bits per heavy atom. The monoisotopic (exact) mass is 264 g/mol. The number of benzene rings is 1. The van der Waals surface area contributed by atoms with E-state index in [-0.39, 0.29) is 5.56 Å². The second-order valence-corrected chi connectivity index (χ2v) is 3.63. The molecule has 0 saturated heterocycles. The van der Waals surface area contributed by atoms with Gasteiger partial charge >= 0.3 is 5.97 Å². The van der Waals surface area contributed by atoms with E-state index < -0.39 is 12.1 Å². The summed E-state index contributed by atoms with van der Waals surface area (Å²) < 4.78 is 20.5. The predicted octanol–water partition coefficient (Wildman–Crippen LogP) is 1.89. The second kappa shape index (κ2) is 6.55. The van der Waals surface area contributed by atoms with Gasteiger partial charge < -0.3 is 18.9 Å². The molecule has 1 aromatic rings. The number of hydrogen-bond acceptors (Lipinski definition) is 5. The summed E-state index contributed by atoms with van der Waals surface area (Å²) in [7, 11) is 4.42. The van der Waals surface area contributed by atoms with E-state index in [1.807, 2.05) is 0 Å². The van der Waals surface area contributed by atoms with E-state index in [0.717, 1.165) is 0 Å². The van der Waals surface area contributed by atoms with Crippen LogP contribution in [0.15, 0.2) is 12.1 Å². The topological polar surface area (TPSA) is 54.0 Å². The van der Waals surface area contributed by atoms with Crippen molar-refractivity contribution in [2.75, 3.05) is 21.3 Å². The molecule has 0 fully saturated rings. The van der Waals surface area contributed by atoms with Crippen molar-refractivity contribution >= 4 is 5.97 Å². The summed E-state index contributed by atoms with van der Waals surface area (Å²) >= 11 is 0. The van der Waals surface area contributed by atoms with Gasteiger partial charge in [0, 0.05) is 0 Å². The lowest BCUT2D eigenvalue weighted by molar-refractivity contribution is 0.0438. The zero-order chi connectivity index (χ0) is 14.4. The molecule has 1 rings (SSSR count). The number of ether oxygens (including phenoxy) is 4. The Labute approximate surface area is 112 Å². The molecule has 5 nitrogen and oxygen atoms in total. The van der Waals surface area contributed by atoms with Crippen molar-refractivity contribution in [3.63, 3.8) is 0 Å². The van der Waals surface area contributed by atoms with Gasteiger partial charge in [0.05, 0.1) is 26.9 Å². The van der Waals surface area contributed by atoms with Gasteiger partial charge in [-0.1, -0.05) is 5.92 Å². The first-order valence-electron chi connectivity index (χ1n) is 5.54. The smallest absolute Gasteiger partial charge is 0.339 e. The molecule has 0 unspecified atom stereocenters. The van der Waals surface area contributed by atoms with Gasteiger partial charge in [0.1, 0.15) is 0 Å². The largest absolute Gasteiger partial charge is 0.493 e. The third-order valence-corrected chi connectivity index (χ3v) is 2.42.